The fraction of sp³-hybridized carbons (Fsp3) is 0.200. The quantitative estimate of drug-likeness (QED) is 0.851. The van der Waals surface area contributed by atoms with E-state index in [0.29, 0.717) is 19.0 Å². The normalized spacial score (nSPS) is 10.2. The average Bonchev–Trinajstić information content (AvgIpc) is 2.80. The van der Waals surface area contributed by atoms with Crippen LogP contribution >= 0.6 is 11.3 Å². The van der Waals surface area contributed by atoms with Crippen molar-refractivity contribution in [1.82, 2.24) is 10.2 Å². The van der Waals surface area contributed by atoms with E-state index < -0.39 is 0 Å². The molecule has 2 aromatic rings. The molecule has 0 aromatic carbocycles. The molecule has 0 saturated carbocycles. The molecule has 0 aliphatic heterocycles. The first-order chi connectivity index (χ1) is 7.38. The Bertz CT molecular complexity index is 399. The molecule has 5 heteroatoms. The molecule has 0 spiro atoms. The van der Waals surface area contributed by atoms with Gasteiger partial charge >= 0.3 is 0 Å². The summed E-state index contributed by atoms with van der Waals surface area (Å²) in [6.07, 6.45) is 0. The fourth-order valence-corrected chi connectivity index (χ4v) is 1.69. The van der Waals surface area contributed by atoms with Crippen molar-refractivity contribution in [2.24, 2.45) is 5.73 Å². The largest absolute Gasteiger partial charge is 0.471 e. The number of nitrogens with two attached hydrogens (primary N) is 1. The molecule has 2 heterocycles. The molecule has 0 radical (unpaired) electrons. The SMILES string of the molecule is NCc1ccc(OCc2cccs2)nn1. The minimum atomic E-state index is 0.401. The third-order valence-corrected chi connectivity index (χ3v) is 2.70. The van der Waals surface area contributed by atoms with Crippen LogP contribution in [0.2, 0.25) is 0 Å². The van der Waals surface area contributed by atoms with Crippen LogP contribution in [0.25, 0.3) is 0 Å². The summed E-state index contributed by atoms with van der Waals surface area (Å²) in [6.45, 7) is 0.937. The van der Waals surface area contributed by atoms with Crippen LogP contribution in [0.3, 0.4) is 0 Å². The van der Waals surface area contributed by atoms with Crippen LogP contribution in [0.1, 0.15) is 10.6 Å². The van der Waals surface area contributed by atoms with E-state index >= 15 is 0 Å². The standard InChI is InChI=1S/C10H11N3OS/c11-6-8-3-4-10(13-12-8)14-7-9-2-1-5-15-9/h1-5H,6-7,11H2. The van der Waals surface area contributed by atoms with E-state index in [0.717, 1.165) is 5.69 Å². The summed E-state index contributed by atoms with van der Waals surface area (Å²) in [5.41, 5.74) is 6.17. The third-order valence-electron chi connectivity index (χ3n) is 1.85. The monoisotopic (exact) mass is 221 g/mol. The van der Waals surface area contributed by atoms with Crippen molar-refractivity contribution in [2.75, 3.05) is 0 Å². The highest BCUT2D eigenvalue weighted by atomic mass is 32.1. The van der Waals surface area contributed by atoms with Crippen molar-refractivity contribution in [3.05, 3.63) is 40.2 Å². The van der Waals surface area contributed by atoms with Crippen molar-refractivity contribution in [3.8, 4) is 5.88 Å². The lowest BCUT2D eigenvalue weighted by Crippen LogP contribution is -2.02. The van der Waals surface area contributed by atoms with Gasteiger partial charge in [-0.1, -0.05) is 6.07 Å². The van der Waals surface area contributed by atoms with Crippen molar-refractivity contribution in [2.45, 2.75) is 13.2 Å². The zero-order chi connectivity index (χ0) is 10.5. The van der Waals surface area contributed by atoms with Crippen molar-refractivity contribution in [3.63, 3.8) is 0 Å². The van der Waals surface area contributed by atoms with E-state index in [1.165, 1.54) is 4.88 Å². The van der Waals surface area contributed by atoms with Gasteiger partial charge < -0.3 is 10.5 Å². The summed E-state index contributed by atoms with van der Waals surface area (Å²) >= 11 is 1.66. The number of thiophene rings is 1. The summed E-state index contributed by atoms with van der Waals surface area (Å²) in [5, 5.41) is 9.82. The number of nitrogens with zero attached hydrogens (tertiary/aromatic N) is 2. The number of hydrogen-bond donors (Lipinski definition) is 1. The average molecular weight is 221 g/mol. The van der Waals surface area contributed by atoms with Gasteiger partial charge in [-0.25, -0.2) is 0 Å². The summed E-state index contributed by atoms with van der Waals surface area (Å²) in [5.74, 6) is 0.528. The lowest BCUT2D eigenvalue weighted by molar-refractivity contribution is 0.293. The van der Waals surface area contributed by atoms with E-state index in [-0.39, 0.29) is 0 Å². The van der Waals surface area contributed by atoms with E-state index in [2.05, 4.69) is 10.2 Å². The highest BCUT2D eigenvalue weighted by Gasteiger charge is 1.98. The number of aromatic nitrogens is 2. The van der Waals surface area contributed by atoms with Crippen molar-refractivity contribution in [1.29, 1.82) is 0 Å². The van der Waals surface area contributed by atoms with E-state index in [9.17, 15) is 0 Å². The minimum absolute atomic E-state index is 0.401. The van der Waals surface area contributed by atoms with Gasteiger partial charge in [0, 0.05) is 17.5 Å². The highest BCUT2D eigenvalue weighted by molar-refractivity contribution is 7.09. The Hall–Kier alpha value is -1.46. The lowest BCUT2D eigenvalue weighted by Gasteiger charge is -2.02. The predicted octanol–water partition coefficient (Wildman–Crippen LogP) is 1.58. The molecule has 0 aliphatic carbocycles. The molecule has 0 saturated heterocycles. The van der Waals surface area contributed by atoms with Crippen LogP contribution < -0.4 is 10.5 Å². The molecule has 2 rings (SSSR count). The van der Waals surface area contributed by atoms with Gasteiger partial charge in [-0.2, -0.15) is 5.10 Å². The van der Waals surface area contributed by atoms with Crippen molar-refractivity contribution < 1.29 is 4.74 Å². The van der Waals surface area contributed by atoms with Crippen LogP contribution in [-0.2, 0) is 13.2 Å². The molecule has 15 heavy (non-hydrogen) atoms. The maximum Gasteiger partial charge on any atom is 0.233 e. The van der Waals surface area contributed by atoms with Crippen LogP contribution in [0.4, 0.5) is 0 Å². The summed E-state index contributed by atoms with van der Waals surface area (Å²) in [6, 6.07) is 7.61. The van der Waals surface area contributed by atoms with Crippen LogP contribution in [0.15, 0.2) is 29.6 Å². The Labute approximate surface area is 91.7 Å². The van der Waals surface area contributed by atoms with Crippen molar-refractivity contribution >= 4 is 11.3 Å². The van der Waals surface area contributed by atoms with Gasteiger partial charge in [0.1, 0.15) is 6.61 Å². The van der Waals surface area contributed by atoms with Crippen LogP contribution in [0, 0.1) is 0 Å². The number of hydrogen-bond acceptors (Lipinski definition) is 5. The van der Waals surface area contributed by atoms with E-state index in [1.54, 1.807) is 17.4 Å². The molecule has 0 aliphatic rings. The number of rotatable bonds is 4. The van der Waals surface area contributed by atoms with Gasteiger partial charge in [0.2, 0.25) is 5.88 Å². The highest BCUT2D eigenvalue weighted by Crippen LogP contribution is 2.12. The smallest absolute Gasteiger partial charge is 0.233 e. The summed E-state index contributed by atoms with van der Waals surface area (Å²) in [7, 11) is 0. The lowest BCUT2D eigenvalue weighted by atomic mass is 10.4. The molecule has 0 fully saturated rings. The molecular weight excluding hydrogens is 210 g/mol. The van der Waals surface area contributed by atoms with Crippen LogP contribution in [-0.4, -0.2) is 10.2 Å². The van der Waals surface area contributed by atoms with Gasteiger partial charge in [0.05, 0.1) is 5.69 Å². The molecule has 2 N–H and O–H groups in total. The van der Waals surface area contributed by atoms with Gasteiger partial charge in [-0.05, 0) is 17.5 Å². The Kier molecular flexibility index (Phi) is 3.26. The molecule has 0 amide bonds. The first kappa shape index (κ1) is 10.1. The Balaban J connectivity index is 1.93. The Morgan fingerprint density at radius 3 is 2.80 bits per heavy atom. The van der Waals surface area contributed by atoms with E-state index in [1.807, 2.05) is 23.6 Å². The second-order valence-corrected chi connectivity index (χ2v) is 3.97. The second-order valence-electron chi connectivity index (χ2n) is 2.94. The topological polar surface area (TPSA) is 61.0 Å². The number of ether oxygens (including phenoxy) is 1. The predicted molar refractivity (Wildman–Crippen MR) is 58.6 cm³/mol. The third kappa shape index (κ3) is 2.74. The Morgan fingerprint density at radius 2 is 2.20 bits per heavy atom. The zero-order valence-electron chi connectivity index (χ0n) is 8.09. The maximum absolute atomic E-state index is 5.45. The molecular formula is C10H11N3OS. The van der Waals surface area contributed by atoms with Gasteiger partial charge in [-0.3, -0.25) is 0 Å². The van der Waals surface area contributed by atoms with Gasteiger partial charge in [0.25, 0.3) is 0 Å². The summed E-state index contributed by atoms with van der Waals surface area (Å²) in [4.78, 5) is 1.17. The molecule has 4 nitrogen and oxygen atoms in total. The fourth-order valence-electron chi connectivity index (χ4n) is 1.07. The second kappa shape index (κ2) is 4.86. The maximum atomic E-state index is 5.45. The zero-order valence-corrected chi connectivity index (χ0v) is 8.91. The molecule has 0 atom stereocenters. The first-order valence-electron chi connectivity index (χ1n) is 4.56. The first-order valence-corrected chi connectivity index (χ1v) is 5.44. The molecule has 2 aromatic heterocycles. The molecule has 0 unspecified atom stereocenters. The van der Waals surface area contributed by atoms with Crippen LogP contribution in [0.5, 0.6) is 5.88 Å². The molecule has 0 bridgehead atoms. The Morgan fingerprint density at radius 1 is 1.27 bits per heavy atom. The minimum Gasteiger partial charge on any atom is -0.471 e. The van der Waals surface area contributed by atoms with E-state index in [4.69, 9.17) is 10.5 Å². The van der Waals surface area contributed by atoms with Gasteiger partial charge in [0.15, 0.2) is 0 Å². The summed E-state index contributed by atoms with van der Waals surface area (Å²) < 4.78 is 5.45. The molecule has 78 valence electrons. The van der Waals surface area contributed by atoms with Gasteiger partial charge in [-0.15, -0.1) is 16.4 Å².